The molecule has 6 heteroatoms. The molecule has 0 bridgehead atoms. The first-order chi connectivity index (χ1) is 10.9. The summed E-state index contributed by atoms with van der Waals surface area (Å²) in [5.74, 6) is -2.15. The first-order valence-corrected chi connectivity index (χ1v) is 11.6. The zero-order valence-corrected chi connectivity index (χ0v) is 15.8. The highest BCUT2D eigenvalue weighted by Gasteiger charge is 2.42. The van der Waals surface area contributed by atoms with E-state index in [1.807, 2.05) is 32.1 Å². The second-order valence-corrected chi connectivity index (χ2v) is 12.7. The number of benzene rings is 1. The Hall–Kier alpha value is -1.56. The zero-order chi connectivity index (χ0) is 18.5. The van der Waals surface area contributed by atoms with E-state index >= 15 is 0 Å². The molecule has 0 saturated carbocycles. The number of alkyl halides is 3. The van der Waals surface area contributed by atoms with Crippen LogP contribution in [0.4, 0.5) is 13.2 Å². The van der Waals surface area contributed by atoms with Crippen molar-refractivity contribution in [2.24, 2.45) is 0 Å². The van der Waals surface area contributed by atoms with Crippen LogP contribution in [0.25, 0.3) is 0 Å². The number of carbonyl (C=O) groups is 1. The minimum atomic E-state index is -4.99. The quantitative estimate of drug-likeness (QED) is 0.368. The highest BCUT2D eigenvalue weighted by molar-refractivity contribution is 6.76. The van der Waals surface area contributed by atoms with Crippen molar-refractivity contribution in [2.45, 2.75) is 58.2 Å². The van der Waals surface area contributed by atoms with Gasteiger partial charge in [0.05, 0.1) is 0 Å². The summed E-state index contributed by atoms with van der Waals surface area (Å²) in [6, 6.07) is 6.24. The van der Waals surface area contributed by atoms with Gasteiger partial charge >= 0.3 is 12.1 Å². The molecule has 0 amide bonds. The molecule has 0 spiro atoms. The van der Waals surface area contributed by atoms with Gasteiger partial charge in [-0.3, -0.25) is 0 Å². The average Bonchev–Trinajstić information content (AvgIpc) is 2.43. The number of hydrogen-bond donors (Lipinski definition) is 0. The summed E-state index contributed by atoms with van der Waals surface area (Å²) in [7, 11) is -1.26. The third-order valence-electron chi connectivity index (χ3n) is 3.63. The average molecular weight is 358 g/mol. The molecule has 1 rings (SSSR count). The maximum atomic E-state index is 12.5. The normalized spacial score (nSPS) is 14.0. The lowest BCUT2D eigenvalue weighted by molar-refractivity contribution is -0.205. The highest BCUT2D eigenvalue weighted by atomic mass is 28.3. The van der Waals surface area contributed by atoms with Gasteiger partial charge in [-0.2, -0.15) is 13.2 Å². The first kappa shape index (κ1) is 20.5. The number of hydrogen-bond acceptors (Lipinski definition) is 2. The smallest absolute Gasteiger partial charge is 0.451 e. The van der Waals surface area contributed by atoms with E-state index in [4.69, 9.17) is 4.74 Å². The van der Waals surface area contributed by atoms with Crippen molar-refractivity contribution < 1.29 is 22.7 Å². The summed E-state index contributed by atoms with van der Waals surface area (Å²) < 4.78 is 42.3. The van der Waals surface area contributed by atoms with E-state index in [0.29, 0.717) is 5.56 Å². The van der Waals surface area contributed by atoms with Crippen LogP contribution in [0.15, 0.2) is 30.4 Å². The summed E-state index contributed by atoms with van der Waals surface area (Å²) in [5, 5.41) is 0. The molecule has 134 valence electrons. The van der Waals surface area contributed by atoms with Gasteiger partial charge in [-0.15, -0.1) is 0 Å². The minimum Gasteiger partial charge on any atom is -0.451 e. The first-order valence-electron chi connectivity index (χ1n) is 7.90. The number of rotatable bonds is 6. The maximum absolute atomic E-state index is 12.5. The van der Waals surface area contributed by atoms with Crippen LogP contribution in [0.1, 0.15) is 29.2 Å². The van der Waals surface area contributed by atoms with E-state index < -0.39 is 26.3 Å². The molecular weight excluding hydrogens is 333 g/mol. The number of allylic oxidation sites excluding steroid dienone is 1. The number of aryl methyl sites for hydroxylation is 2. The maximum Gasteiger partial charge on any atom is 0.490 e. The molecule has 1 aromatic rings. The Morgan fingerprint density at radius 1 is 1.17 bits per heavy atom. The molecule has 0 saturated heterocycles. The minimum absolute atomic E-state index is 0.231. The van der Waals surface area contributed by atoms with Gasteiger partial charge in [-0.25, -0.2) is 4.79 Å². The molecule has 24 heavy (non-hydrogen) atoms. The molecular formula is C18H25F3O2Si. The van der Waals surface area contributed by atoms with Crippen molar-refractivity contribution in [3.05, 3.63) is 47.0 Å². The van der Waals surface area contributed by atoms with Crippen LogP contribution in [0.2, 0.25) is 25.7 Å². The third-order valence-corrected chi connectivity index (χ3v) is 5.09. The standard InChI is InChI=1S/C18H25F3O2Si/c1-13-9-10-15(12-14(13)2)16(23-17(22)18(19,20)21)8-6-7-11-24(3,4)5/h6-7,9-10,12,16H,8,11H2,1-5H3/b7-6+. The monoisotopic (exact) mass is 358 g/mol. The Morgan fingerprint density at radius 2 is 1.79 bits per heavy atom. The van der Waals surface area contributed by atoms with Crippen molar-refractivity contribution in [2.75, 3.05) is 0 Å². The van der Waals surface area contributed by atoms with E-state index in [1.165, 1.54) is 0 Å². The van der Waals surface area contributed by atoms with Crippen molar-refractivity contribution in [1.82, 2.24) is 0 Å². The summed E-state index contributed by atoms with van der Waals surface area (Å²) >= 11 is 0. The summed E-state index contributed by atoms with van der Waals surface area (Å²) in [6.07, 6.45) is -1.91. The van der Waals surface area contributed by atoms with Crippen LogP contribution in [-0.2, 0) is 9.53 Å². The highest BCUT2D eigenvalue weighted by Crippen LogP contribution is 2.28. The van der Waals surface area contributed by atoms with Gasteiger partial charge < -0.3 is 4.74 Å². The number of ether oxygens (including phenoxy) is 1. The van der Waals surface area contributed by atoms with E-state index in [1.54, 1.807) is 12.1 Å². The Labute approximate surface area is 142 Å². The van der Waals surface area contributed by atoms with E-state index in [0.717, 1.165) is 17.2 Å². The molecule has 1 unspecified atom stereocenters. The predicted octanol–water partition coefficient (Wildman–Crippen LogP) is 5.73. The van der Waals surface area contributed by atoms with Crippen molar-refractivity contribution >= 4 is 14.0 Å². The lowest BCUT2D eigenvalue weighted by Gasteiger charge is -2.19. The predicted molar refractivity (Wildman–Crippen MR) is 92.7 cm³/mol. The van der Waals surface area contributed by atoms with E-state index in [2.05, 4.69) is 19.6 Å². The van der Waals surface area contributed by atoms with Crippen LogP contribution in [0.5, 0.6) is 0 Å². The van der Waals surface area contributed by atoms with E-state index in [9.17, 15) is 18.0 Å². The molecule has 0 aliphatic carbocycles. The summed E-state index contributed by atoms with van der Waals surface area (Å²) in [5.41, 5.74) is 2.56. The Morgan fingerprint density at radius 3 is 2.29 bits per heavy atom. The second kappa shape index (κ2) is 8.01. The van der Waals surface area contributed by atoms with Crippen LogP contribution in [-0.4, -0.2) is 20.2 Å². The second-order valence-electron chi connectivity index (χ2n) is 7.21. The molecule has 0 aliphatic heterocycles. The lowest BCUT2D eigenvalue weighted by atomic mass is 10.0. The largest absolute Gasteiger partial charge is 0.490 e. The number of halogens is 3. The van der Waals surface area contributed by atoms with Crippen LogP contribution >= 0.6 is 0 Å². The van der Waals surface area contributed by atoms with Gasteiger partial charge in [0.2, 0.25) is 0 Å². The molecule has 1 aromatic carbocycles. The SMILES string of the molecule is Cc1ccc(C(C/C=C/C[Si](C)(C)C)OC(=O)C(F)(F)F)cc1C. The van der Waals surface area contributed by atoms with Crippen molar-refractivity contribution in [3.63, 3.8) is 0 Å². The Balaban J connectivity index is 2.94. The van der Waals surface area contributed by atoms with Crippen LogP contribution < -0.4 is 0 Å². The molecule has 0 radical (unpaired) electrons. The number of esters is 1. The van der Waals surface area contributed by atoms with Gasteiger partial charge in [0.1, 0.15) is 6.10 Å². The molecule has 0 aromatic heterocycles. The summed E-state index contributed by atoms with van der Waals surface area (Å²) in [6.45, 7) is 10.4. The zero-order valence-electron chi connectivity index (χ0n) is 14.8. The van der Waals surface area contributed by atoms with Crippen molar-refractivity contribution in [3.8, 4) is 0 Å². The molecule has 0 N–H and O–H groups in total. The van der Waals surface area contributed by atoms with Crippen molar-refractivity contribution in [1.29, 1.82) is 0 Å². The third kappa shape index (κ3) is 6.91. The number of carbonyl (C=O) groups excluding carboxylic acids is 1. The topological polar surface area (TPSA) is 26.3 Å². The fourth-order valence-corrected chi connectivity index (χ4v) is 2.94. The van der Waals surface area contributed by atoms with Gasteiger partial charge in [0.15, 0.2) is 0 Å². The van der Waals surface area contributed by atoms with Gasteiger partial charge in [0, 0.05) is 14.5 Å². The Bertz CT molecular complexity index is 601. The van der Waals surface area contributed by atoms with Gasteiger partial charge in [0.25, 0.3) is 0 Å². The molecule has 0 fully saturated rings. The molecule has 2 nitrogen and oxygen atoms in total. The lowest BCUT2D eigenvalue weighted by Crippen LogP contribution is -2.27. The van der Waals surface area contributed by atoms with Gasteiger partial charge in [-0.1, -0.05) is 50.0 Å². The van der Waals surface area contributed by atoms with Crippen LogP contribution in [0.3, 0.4) is 0 Å². The molecule has 1 atom stereocenters. The Kier molecular flexibility index (Phi) is 6.83. The molecule has 0 aliphatic rings. The van der Waals surface area contributed by atoms with Crippen LogP contribution in [0, 0.1) is 13.8 Å². The van der Waals surface area contributed by atoms with E-state index in [-0.39, 0.29) is 6.42 Å². The van der Waals surface area contributed by atoms with Gasteiger partial charge in [-0.05, 0) is 36.6 Å². The fourth-order valence-electron chi connectivity index (χ4n) is 2.07. The fraction of sp³-hybridized carbons (Fsp3) is 0.500. The summed E-state index contributed by atoms with van der Waals surface area (Å²) in [4.78, 5) is 11.2. The molecule has 0 heterocycles.